The Morgan fingerprint density at radius 2 is 0.906 bits per heavy atom. The number of hydrogen-bond donors (Lipinski definition) is 0. The van der Waals surface area contributed by atoms with Crippen molar-refractivity contribution in [2.75, 3.05) is 9.80 Å². The molecule has 0 fully saturated rings. The van der Waals surface area contributed by atoms with Crippen molar-refractivity contribution in [3.05, 3.63) is 246 Å². The van der Waals surface area contributed by atoms with Crippen molar-refractivity contribution < 1.29 is 0 Å². The van der Waals surface area contributed by atoms with Crippen molar-refractivity contribution in [2.24, 2.45) is 0 Å². The van der Waals surface area contributed by atoms with Crippen molar-refractivity contribution in [3.8, 4) is 44.5 Å². The van der Waals surface area contributed by atoms with Crippen molar-refractivity contribution in [3.63, 3.8) is 0 Å². The van der Waals surface area contributed by atoms with Gasteiger partial charge in [-0.1, -0.05) is 176 Å². The molecule has 4 heteroatoms. The summed E-state index contributed by atoms with van der Waals surface area (Å²) >= 11 is 2.05. The van der Waals surface area contributed by atoms with Crippen LogP contribution in [-0.4, -0.2) is 6.71 Å². The molecule has 0 N–H and O–H groups in total. The van der Waals surface area contributed by atoms with Crippen molar-refractivity contribution in [2.45, 2.75) is 12.3 Å². The predicted molar refractivity (Wildman–Crippen MR) is 270 cm³/mol. The summed E-state index contributed by atoms with van der Waals surface area (Å²) in [7, 11) is 0. The van der Waals surface area contributed by atoms with Gasteiger partial charge < -0.3 is 9.80 Å². The van der Waals surface area contributed by atoms with Crippen LogP contribution < -0.4 is 25.5 Å². The monoisotopic (exact) mass is 830 g/mol. The van der Waals surface area contributed by atoms with Crippen LogP contribution in [0.2, 0.25) is 0 Å². The van der Waals surface area contributed by atoms with Crippen LogP contribution in [0, 0.1) is 6.92 Å². The summed E-state index contributed by atoms with van der Waals surface area (Å²) < 4.78 is 1.40. The molecule has 0 saturated heterocycles. The van der Waals surface area contributed by atoms with Crippen LogP contribution in [0.4, 0.5) is 34.1 Å². The van der Waals surface area contributed by atoms with Gasteiger partial charge in [-0.2, -0.15) is 0 Å². The Bertz CT molecular complexity index is 3490. The average molecular weight is 831 g/mol. The molecule has 3 heterocycles. The molecule has 64 heavy (non-hydrogen) atoms. The van der Waals surface area contributed by atoms with Gasteiger partial charge in [-0.05, 0) is 122 Å². The third kappa shape index (κ3) is 4.70. The molecule has 9 aromatic carbocycles. The van der Waals surface area contributed by atoms with Gasteiger partial charge in [0.15, 0.2) is 0 Å². The number of fused-ring (bicyclic) bond motifs is 15. The number of rotatable bonds is 4. The summed E-state index contributed by atoms with van der Waals surface area (Å²) in [6.45, 7) is 2.27. The Morgan fingerprint density at radius 3 is 1.53 bits per heavy atom. The molecule has 0 radical (unpaired) electrons. The fourth-order valence-corrected chi connectivity index (χ4v) is 13.5. The summed E-state index contributed by atoms with van der Waals surface area (Å²) in [6.07, 6.45) is 0. The Labute approximate surface area is 378 Å². The molecule has 2 nitrogen and oxygen atoms in total. The SMILES string of the molecule is Cc1cc2c3c(c1)N(c1ccccc1)c1c(sc4c1-c1ccccc1C41c4ccccc4-c4ccccc41)B3c1ccc(-c3ccccc3-c3ccccc3)cc1N2c1ccccc1. The molecule has 0 unspecified atom stereocenters. The van der Waals surface area contributed by atoms with Gasteiger partial charge in [0.1, 0.15) is 0 Å². The zero-order chi connectivity index (χ0) is 42.1. The maximum absolute atomic E-state index is 2.62. The van der Waals surface area contributed by atoms with Gasteiger partial charge in [0.05, 0.1) is 11.1 Å². The third-order valence-corrected chi connectivity index (χ3v) is 15.6. The van der Waals surface area contributed by atoms with Crippen LogP contribution >= 0.6 is 11.3 Å². The number of nitrogens with zero attached hydrogens (tertiary/aromatic N) is 2. The minimum atomic E-state index is -0.438. The highest BCUT2D eigenvalue weighted by Crippen LogP contribution is 2.67. The molecule has 4 aliphatic rings. The van der Waals surface area contributed by atoms with E-state index >= 15 is 0 Å². The van der Waals surface area contributed by atoms with E-state index in [2.05, 4.69) is 235 Å². The summed E-state index contributed by atoms with van der Waals surface area (Å²) in [5.41, 5.74) is 25.2. The topological polar surface area (TPSA) is 6.48 Å². The molecule has 2 aliphatic carbocycles. The van der Waals surface area contributed by atoms with Crippen LogP contribution in [0.15, 0.2) is 218 Å². The van der Waals surface area contributed by atoms with Gasteiger partial charge in [0, 0.05) is 43.7 Å². The van der Waals surface area contributed by atoms with E-state index < -0.39 is 5.41 Å². The molecule has 0 saturated carbocycles. The smallest absolute Gasteiger partial charge is 0.264 e. The van der Waals surface area contributed by atoms with E-state index in [0.29, 0.717) is 0 Å². The van der Waals surface area contributed by atoms with E-state index in [0.717, 1.165) is 5.69 Å². The van der Waals surface area contributed by atoms with Gasteiger partial charge >= 0.3 is 0 Å². The van der Waals surface area contributed by atoms with Crippen molar-refractivity contribution in [1.29, 1.82) is 0 Å². The summed E-state index contributed by atoms with van der Waals surface area (Å²) in [4.78, 5) is 6.58. The van der Waals surface area contributed by atoms with Gasteiger partial charge in [-0.15, -0.1) is 11.3 Å². The second-order valence-electron chi connectivity index (χ2n) is 17.6. The van der Waals surface area contributed by atoms with E-state index in [1.165, 1.54) is 116 Å². The zero-order valence-electron chi connectivity index (χ0n) is 35.2. The summed E-state index contributed by atoms with van der Waals surface area (Å²) in [6, 6.07) is 81.6. The van der Waals surface area contributed by atoms with Gasteiger partial charge in [0.2, 0.25) is 0 Å². The number of anilines is 6. The van der Waals surface area contributed by atoms with Gasteiger partial charge in [0.25, 0.3) is 6.71 Å². The molecular weight excluding hydrogens is 792 g/mol. The Kier molecular flexibility index (Phi) is 7.53. The van der Waals surface area contributed by atoms with Crippen LogP contribution in [0.3, 0.4) is 0 Å². The third-order valence-electron chi connectivity index (χ3n) is 14.3. The second-order valence-corrected chi connectivity index (χ2v) is 18.6. The standard InChI is InChI=1S/C60H39BN2S/c1-38-35-53-56-54(36-38)63(42-23-9-4-10-24-42)57-55-47-29-15-18-32-50(47)60(48-30-16-13-27-45(48)46-28-14-17-31-49(46)60)58(55)64-59(57)61(56)51-34-33-40(37-52(51)62(53)41-21-7-3-8-22-41)44-26-12-11-25-43(44)39-19-5-2-6-20-39/h2-37H,1H3. The minimum absolute atomic E-state index is 0.000597. The van der Waals surface area contributed by atoms with Crippen molar-refractivity contribution >= 4 is 67.9 Å². The number of hydrogen-bond acceptors (Lipinski definition) is 3. The van der Waals surface area contributed by atoms with Crippen LogP contribution in [-0.2, 0) is 5.41 Å². The lowest BCUT2D eigenvalue weighted by molar-refractivity contribution is 0.811. The number of benzene rings is 9. The first-order valence-corrected chi connectivity index (χ1v) is 23.1. The van der Waals surface area contributed by atoms with Crippen LogP contribution in [0.1, 0.15) is 27.1 Å². The largest absolute Gasteiger partial charge is 0.311 e. The molecule has 1 spiro atoms. The molecule has 0 amide bonds. The van der Waals surface area contributed by atoms with Crippen LogP contribution in [0.25, 0.3) is 44.5 Å². The van der Waals surface area contributed by atoms with E-state index in [-0.39, 0.29) is 6.71 Å². The maximum atomic E-state index is 2.62. The zero-order valence-corrected chi connectivity index (χ0v) is 36.0. The first-order valence-electron chi connectivity index (χ1n) is 22.3. The average Bonchev–Trinajstić information content (AvgIpc) is 3.99. The molecule has 2 aliphatic heterocycles. The molecular formula is C60H39BN2S. The highest BCUT2D eigenvalue weighted by molar-refractivity contribution is 7.30. The summed E-state index contributed by atoms with van der Waals surface area (Å²) in [5.74, 6) is 0. The highest BCUT2D eigenvalue weighted by Gasteiger charge is 2.56. The molecule has 14 rings (SSSR count). The number of para-hydroxylation sites is 2. The van der Waals surface area contributed by atoms with Gasteiger partial charge in [-0.25, -0.2) is 0 Å². The Balaban J connectivity index is 1.10. The first-order chi connectivity index (χ1) is 31.7. The van der Waals surface area contributed by atoms with E-state index in [1.807, 2.05) is 11.3 Å². The quantitative estimate of drug-likeness (QED) is 0.163. The molecule has 0 bridgehead atoms. The highest BCUT2D eigenvalue weighted by atomic mass is 32.1. The maximum Gasteiger partial charge on any atom is 0.264 e. The second kappa shape index (κ2) is 13.4. The van der Waals surface area contributed by atoms with E-state index in [9.17, 15) is 0 Å². The normalized spacial score (nSPS) is 14.0. The van der Waals surface area contributed by atoms with Crippen LogP contribution in [0.5, 0.6) is 0 Å². The molecule has 1 aromatic heterocycles. The molecule has 0 atom stereocenters. The summed E-state index contributed by atoms with van der Waals surface area (Å²) in [5, 5.41) is 0. The molecule has 10 aromatic rings. The van der Waals surface area contributed by atoms with Gasteiger partial charge in [-0.3, -0.25) is 0 Å². The lowest BCUT2D eigenvalue weighted by Crippen LogP contribution is -2.60. The molecule has 298 valence electrons. The Morgan fingerprint density at radius 1 is 0.422 bits per heavy atom. The lowest BCUT2D eigenvalue weighted by atomic mass is 9.36. The number of thiophene rings is 1. The minimum Gasteiger partial charge on any atom is -0.311 e. The Hall–Kier alpha value is -7.66. The first kappa shape index (κ1) is 35.9. The van der Waals surface area contributed by atoms with E-state index in [4.69, 9.17) is 0 Å². The predicted octanol–water partition coefficient (Wildman–Crippen LogP) is 13.8. The lowest BCUT2D eigenvalue weighted by Gasteiger charge is -2.43. The van der Waals surface area contributed by atoms with Crippen molar-refractivity contribution in [1.82, 2.24) is 0 Å². The fourth-order valence-electron chi connectivity index (χ4n) is 11.8. The fraction of sp³-hybridized carbons (Fsp3) is 0.0333. The number of aryl methyl sites for hydroxylation is 1. The van der Waals surface area contributed by atoms with E-state index in [1.54, 1.807) is 0 Å².